The maximum Gasteiger partial charge on any atom is 0.437 e. The van der Waals surface area contributed by atoms with E-state index in [1.54, 1.807) is 70.6 Å². The lowest BCUT2D eigenvalue weighted by Gasteiger charge is -2.35. The molecule has 37 heteroatoms. The van der Waals surface area contributed by atoms with E-state index in [-0.39, 0.29) is 83.7 Å². The molecule has 5 saturated heterocycles. The summed E-state index contributed by atoms with van der Waals surface area (Å²) in [5.74, 6) is 0.733. The molecule has 6 aromatic heterocycles. The molecule has 0 saturated carbocycles. The number of nitrogens with one attached hydrogen (secondary N) is 3. The number of aromatic nitrogens is 6. The van der Waals surface area contributed by atoms with Gasteiger partial charge in [-0.25, -0.2) is 29.9 Å². The molecule has 5 amide bonds. The SMILES string of the molecule is Nc1ccc(N2CCN(Cc3ccccc3)C(=O)C2)nc1.O=C(Cc1ccc(N2CCN(Cc3ccccc3)C(=O)C2)nc1)c1oc(-c2ccccc2)nc1C(F)(F)F.O=C1CN(c2ccc([N+](=O)[O-])cn2)CCN1.O=C1CN(c2ccc([N+](=O)[O-])cn2)CCN1Cc1ccccc1.O=C1CNCCN1.O=[N+]([O-])c1ccc(Cl)nc1. The van der Waals surface area contributed by atoms with Crippen molar-refractivity contribution in [3.05, 3.63) is 282 Å². The lowest BCUT2D eigenvalue weighted by Crippen LogP contribution is -2.50. The first-order valence-corrected chi connectivity index (χ1v) is 36.3. The van der Waals surface area contributed by atoms with Gasteiger partial charge in [0, 0.05) is 121 Å². The second-order valence-electron chi connectivity index (χ2n) is 26.0. The van der Waals surface area contributed by atoms with Gasteiger partial charge >= 0.3 is 6.18 Å². The molecule has 11 heterocycles. The molecule has 0 bridgehead atoms. The van der Waals surface area contributed by atoms with Crippen LogP contribution in [0.5, 0.6) is 0 Å². The molecule has 5 aliphatic rings. The first-order valence-electron chi connectivity index (χ1n) is 35.9. The number of halogens is 4. The van der Waals surface area contributed by atoms with Crippen molar-refractivity contribution in [3.63, 3.8) is 0 Å². The number of carbonyl (C=O) groups excluding carboxylic acids is 6. The van der Waals surface area contributed by atoms with Crippen molar-refractivity contribution in [1.82, 2.24) is 60.6 Å². The largest absolute Gasteiger partial charge is 0.437 e. The van der Waals surface area contributed by atoms with Crippen LogP contribution in [0.15, 0.2) is 217 Å². The number of rotatable bonds is 17. The topological polar surface area (TPSA) is 407 Å². The number of alkyl halides is 3. The van der Waals surface area contributed by atoms with E-state index in [2.05, 4.69) is 45.9 Å². The highest BCUT2D eigenvalue weighted by Crippen LogP contribution is 2.35. The van der Waals surface area contributed by atoms with Crippen LogP contribution in [-0.4, -0.2) is 193 Å². The molecule has 115 heavy (non-hydrogen) atoms. The molecule has 33 nitrogen and oxygen atoms in total. The number of nitrogen functional groups attached to an aromatic ring is 1. The Morgan fingerprint density at radius 1 is 0.461 bits per heavy atom. The van der Waals surface area contributed by atoms with Gasteiger partial charge in [0.1, 0.15) is 47.0 Å². The number of hydrogen-bond acceptors (Lipinski definition) is 25. The van der Waals surface area contributed by atoms with E-state index < -0.39 is 38.2 Å². The van der Waals surface area contributed by atoms with Crippen molar-refractivity contribution in [2.45, 2.75) is 32.2 Å². The van der Waals surface area contributed by atoms with E-state index in [1.165, 1.54) is 42.9 Å². The summed E-state index contributed by atoms with van der Waals surface area (Å²) < 4.78 is 46.1. The molecule has 5 aliphatic heterocycles. The summed E-state index contributed by atoms with van der Waals surface area (Å²) >= 11 is 5.38. The second-order valence-corrected chi connectivity index (χ2v) is 26.3. The minimum absolute atomic E-state index is 0.0274. The Kier molecular flexibility index (Phi) is 29.7. The summed E-state index contributed by atoms with van der Waals surface area (Å²) in [6, 6.07) is 53.3. The number of amides is 5. The summed E-state index contributed by atoms with van der Waals surface area (Å²) in [6.45, 7) is 10.1. The van der Waals surface area contributed by atoms with E-state index in [0.717, 1.165) is 48.3 Å². The van der Waals surface area contributed by atoms with E-state index in [0.29, 0.717) is 113 Å². The third kappa shape index (κ3) is 25.3. The molecule has 10 aromatic rings. The highest BCUT2D eigenvalue weighted by molar-refractivity contribution is 6.29. The number of nitrogens with two attached hydrogens (primary N) is 1. The predicted octanol–water partition coefficient (Wildman–Crippen LogP) is 8.66. The van der Waals surface area contributed by atoms with Crippen LogP contribution in [0.25, 0.3) is 11.5 Å². The van der Waals surface area contributed by atoms with Crippen LogP contribution < -0.4 is 41.3 Å². The predicted molar refractivity (Wildman–Crippen MR) is 419 cm³/mol. The number of nitro groups is 3. The van der Waals surface area contributed by atoms with Crippen molar-refractivity contribution >= 4 is 92.9 Å². The summed E-state index contributed by atoms with van der Waals surface area (Å²) in [4.78, 5) is 138. The van der Waals surface area contributed by atoms with Gasteiger partial charge < -0.3 is 60.4 Å². The molecular weight excluding hydrogens is 1520 g/mol. The Morgan fingerprint density at radius 3 is 1.22 bits per heavy atom. The van der Waals surface area contributed by atoms with Crippen LogP contribution in [0.4, 0.5) is 59.2 Å². The zero-order chi connectivity index (χ0) is 81.8. The van der Waals surface area contributed by atoms with Crippen LogP contribution >= 0.6 is 11.6 Å². The van der Waals surface area contributed by atoms with Crippen LogP contribution in [-0.2, 0) is 56.2 Å². The average Bonchev–Trinajstić information content (AvgIpc) is 1.64. The minimum atomic E-state index is -4.85. The van der Waals surface area contributed by atoms with Crippen LogP contribution in [0, 0.1) is 30.3 Å². The number of Topliss-reactive ketones (excluding diaryl/α,β-unsaturated/α-hetero) is 1. The van der Waals surface area contributed by atoms with Crippen molar-refractivity contribution in [3.8, 4) is 11.5 Å². The fourth-order valence-corrected chi connectivity index (χ4v) is 11.9. The quantitative estimate of drug-likeness (QED) is 0.0286. The van der Waals surface area contributed by atoms with Crippen LogP contribution in [0.3, 0.4) is 0 Å². The fraction of sp³-hybridized carbons (Fsp3) is 0.256. The van der Waals surface area contributed by atoms with Gasteiger partial charge in [0.05, 0.1) is 59.4 Å². The summed E-state index contributed by atoms with van der Waals surface area (Å²) in [6.07, 6.45) is 1.38. The van der Waals surface area contributed by atoms with Gasteiger partial charge in [-0.1, -0.05) is 127 Å². The molecular formula is C78H78ClF3N20O13. The lowest BCUT2D eigenvalue weighted by molar-refractivity contribution is -0.385. The standard InChI is InChI=1S/C28H23F3N4O3.C16H16N4O3.C16H18N4O.C9H10N4O3.C5H3ClN2O2.C4H8N2O/c29-28(30,31)26-25(38-27(33-26)21-9-5-2-6-10-21)22(36)15-20-11-12-23(32-16-20)34-13-14-35(24(37)18-34)17-19-7-3-1-4-8-19;21-16-12-18(15-7-6-14(10-17-15)20(22)23)8-9-19(16)11-13-4-2-1-3-5-13;17-14-6-7-15(18-10-14)19-8-9-20(16(21)12-19)11-13-4-2-1-3-5-13;14-9-6-12(4-3-10-9)8-2-1-7(5-11-8)13(15)16;6-5-2-1-4(3-7-5)8(9)10;7-4-3-5-1-2-6-4/h1-12,16H,13-15,17-18H2;1-7,10H,8-9,11-12H2;1-7,10H,8-9,11-12,17H2;1-2,5H,3-4,6H2,(H,10,14);1-3H;5H,1-3H2,(H,6,7). The number of carbonyl (C=O) groups is 6. The number of hydrogen-bond donors (Lipinski definition) is 4. The smallest absolute Gasteiger partial charge is 0.432 e. The number of piperazine rings is 5. The zero-order valence-corrected chi connectivity index (χ0v) is 62.5. The van der Waals surface area contributed by atoms with Crippen LogP contribution in [0.1, 0.15) is 38.5 Å². The van der Waals surface area contributed by atoms with Gasteiger partial charge in [0.2, 0.25) is 47.0 Å². The molecule has 5 N–H and O–H groups in total. The minimum Gasteiger partial charge on any atom is -0.432 e. The highest BCUT2D eigenvalue weighted by atomic mass is 35.5. The molecule has 0 atom stereocenters. The summed E-state index contributed by atoms with van der Waals surface area (Å²) in [5, 5.41) is 39.7. The number of ketones is 1. The number of pyridine rings is 5. The first-order chi connectivity index (χ1) is 55.4. The monoisotopic (exact) mass is 1590 g/mol. The van der Waals surface area contributed by atoms with E-state index in [9.17, 15) is 72.3 Å². The molecule has 0 spiro atoms. The van der Waals surface area contributed by atoms with E-state index in [1.807, 2.05) is 128 Å². The second kappa shape index (κ2) is 40.9. The molecule has 5 fully saturated rings. The Labute approximate surface area is 661 Å². The summed E-state index contributed by atoms with van der Waals surface area (Å²) in [7, 11) is 0. The first kappa shape index (κ1) is 83.6. The van der Waals surface area contributed by atoms with Gasteiger partial charge in [-0.15, -0.1) is 0 Å². The van der Waals surface area contributed by atoms with Gasteiger partial charge in [-0.2, -0.15) is 13.2 Å². The zero-order valence-electron chi connectivity index (χ0n) is 61.7. The van der Waals surface area contributed by atoms with Gasteiger partial charge in [-0.3, -0.25) is 59.1 Å². The Morgan fingerprint density at radius 2 is 0.870 bits per heavy atom. The maximum absolute atomic E-state index is 13.6. The maximum atomic E-state index is 13.6. The third-order valence-corrected chi connectivity index (χ3v) is 18.0. The molecule has 596 valence electrons. The van der Waals surface area contributed by atoms with Crippen LogP contribution in [0.2, 0.25) is 5.15 Å². The third-order valence-electron chi connectivity index (χ3n) is 17.8. The van der Waals surface area contributed by atoms with Gasteiger partial charge in [-0.05, 0) is 70.8 Å². The lowest BCUT2D eigenvalue weighted by atomic mass is 10.1. The van der Waals surface area contributed by atoms with Gasteiger partial charge in [0.15, 0.2) is 5.69 Å². The van der Waals surface area contributed by atoms with Crippen molar-refractivity contribution in [2.24, 2.45) is 0 Å². The molecule has 4 aromatic carbocycles. The van der Waals surface area contributed by atoms with Crippen molar-refractivity contribution < 1.29 is 61.1 Å². The Bertz CT molecular complexity index is 4920. The molecule has 0 unspecified atom stereocenters. The number of benzene rings is 4. The molecule has 0 aliphatic carbocycles. The Balaban J connectivity index is 0.000000157. The number of anilines is 5. The van der Waals surface area contributed by atoms with Gasteiger partial charge in [0.25, 0.3) is 17.1 Å². The van der Waals surface area contributed by atoms with E-state index >= 15 is 0 Å². The average molecular weight is 1600 g/mol. The van der Waals surface area contributed by atoms with Crippen molar-refractivity contribution in [1.29, 1.82) is 0 Å². The van der Waals surface area contributed by atoms with Crippen molar-refractivity contribution in [2.75, 3.05) is 124 Å². The Hall–Kier alpha value is -13.9. The molecule has 15 rings (SSSR count). The normalized spacial score (nSPS) is 14.7. The summed E-state index contributed by atoms with van der Waals surface area (Å²) in [5.41, 5.74) is 8.82. The molecule has 0 radical (unpaired) electrons. The number of oxazole rings is 1. The van der Waals surface area contributed by atoms with E-state index in [4.69, 9.17) is 21.8 Å². The number of nitrogens with zero attached hydrogens (tertiary/aromatic N) is 16. The highest BCUT2D eigenvalue weighted by Gasteiger charge is 2.41. The fourth-order valence-electron chi connectivity index (χ4n) is 11.8.